The van der Waals surface area contributed by atoms with E-state index in [0.29, 0.717) is 6.04 Å². The van der Waals surface area contributed by atoms with Crippen molar-refractivity contribution in [2.45, 2.75) is 44.9 Å². The molecule has 0 saturated carbocycles. The summed E-state index contributed by atoms with van der Waals surface area (Å²) in [4.78, 5) is 0. The molecule has 0 bridgehead atoms. The van der Waals surface area contributed by atoms with Gasteiger partial charge in [-0.15, -0.1) is 0 Å². The summed E-state index contributed by atoms with van der Waals surface area (Å²) in [6, 6.07) is 0.783. The molecule has 0 aromatic carbocycles. The second-order valence-electron chi connectivity index (χ2n) is 3.60. The fraction of sp³-hybridized carbons (Fsp3) is 1.00. The predicted molar refractivity (Wildman–Crippen MR) is 50.2 cm³/mol. The van der Waals surface area contributed by atoms with Gasteiger partial charge in [0.2, 0.25) is 0 Å². The number of rotatable bonds is 4. The van der Waals surface area contributed by atoms with Crippen LogP contribution in [-0.2, 0) is 0 Å². The van der Waals surface area contributed by atoms with Crippen molar-refractivity contribution in [3.8, 4) is 0 Å². The van der Waals surface area contributed by atoms with Gasteiger partial charge in [0.15, 0.2) is 0 Å². The molecule has 0 aromatic heterocycles. The SMILES string of the molecule is CCNCC[C@@H]1C[C@@H](O)[C@@H](C)N1. The van der Waals surface area contributed by atoms with Gasteiger partial charge < -0.3 is 15.7 Å². The van der Waals surface area contributed by atoms with Crippen LogP contribution in [0.3, 0.4) is 0 Å². The molecule has 1 saturated heterocycles. The average molecular weight is 172 g/mol. The van der Waals surface area contributed by atoms with Crippen LogP contribution in [0.15, 0.2) is 0 Å². The zero-order valence-corrected chi connectivity index (χ0v) is 8.01. The molecule has 0 radical (unpaired) electrons. The average Bonchev–Trinajstić information content (AvgIpc) is 2.32. The first-order valence-electron chi connectivity index (χ1n) is 4.89. The van der Waals surface area contributed by atoms with Gasteiger partial charge in [0.05, 0.1) is 6.10 Å². The highest BCUT2D eigenvalue weighted by Crippen LogP contribution is 2.14. The Morgan fingerprint density at radius 3 is 2.83 bits per heavy atom. The zero-order chi connectivity index (χ0) is 8.97. The minimum absolute atomic E-state index is 0.142. The van der Waals surface area contributed by atoms with E-state index < -0.39 is 0 Å². The molecule has 1 rings (SSSR count). The summed E-state index contributed by atoms with van der Waals surface area (Å²) < 4.78 is 0. The molecule has 0 aliphatic carbocycles. The monoisotopic (exact) mass is 172 g/mol. The van der Waals surface area contributed by atoms with Crippen molar-refractivity contribution < 1.29 is 5.11 Å². The van der Waals surface area contributed by atoms with Gasteiger partial charge in [-0.1, -0.05) is 6.92 Å². The van der Waals surface area contributed by atoms with Crippen LogP contribution in [0, 0.1) is 0 Å². The third-order valence-corrected chi connectivity index (χ3v) is 2.52. The van der Waals surface area contributed by atoms with Crippen LogP contribution >= 0.6 is 0 Å². The van der Waals surface area contributed by atoms with Crippen LogP contribution in [0.1, 0.15) is 26.7 Å². The van der Waals surface area contributed by atoms with E-state index in [4.69, 9.17) is 0 Å². The second kappa shape index (κ2) is 4.80. The molecule has 0 spiro atoms. The van der Waals surface area contributed by atoms with E-state index in [2.05, 4.69) is 17.6 Å². The van der Waals surface area contributed by atoms with Gasteiger partial charge in [0, 0.05) is 12.1 Å². The van der Waals surface area contributed by atoms with Gasteiger partial charge in [-0.3, -0.25) is 0 Å². The van der Waals surface area contributed by atoms with Crippen molar-refractivity contribution in [3.63, 3.8) is 0 Å². The Balaban J connectivity index is 2.10. The lowest BCUT2D eigenvalue weighted by molar-refractivity contribution is 0.164. The number of nitrogens with one attached hydrogen (secondary N) is 2. The van der Waals surface area contributed by atoms with Gasteiger partial charge in [-0.2, -0.15) is 0 Å². The van der Waals surface area contributed by atoms with Gasteiger partial charge >= 0.3 is 0 Å². The van der Waals surface area contributed by atoms with Gasteiger partial charge in [0.25, 0.3) is 0 Å². The summed E-state index contributed by atoms with van der Waals surface area (Å²) in [7, 11) is 0. The largest absolute Gasteiger partial charge is 0.391 e. The maximum Gasteiger partial charge on any atom is 0.0705 e. The first-order valence-corrected chi connectivity index (χ1v) is 4.89. The van der Waals surface area contributed by atoms with Gasteiger partial charge in [-0.05, 0) is 32.9 Å². The minimum Gasteiger partial charge on any atom is -0.391 e. The molecule has 1 fully saturated rings. The number of aliphatic hydroxyl groups is 1. The van der Waals surface area contributed by atoms with Crippen LogP contribution in [0.25, 0.3) is 0 Å². The molecular weight excluding hydrogens is 152 g/mol. The summed E-state index contributed by atoms with van der Waals surface area (Å²) in [5.41, 5.74) is 0. The van der Waals surface area contributed by atoms with E-state index in [-0.39, 0.29) is 12.1 Å². The van der Waals surface area contributed by atoms with Crippen molar-refractivity contribution in [2.75, 3.05) is 13.1 Å². The lowest BCUT2D eigenvalue weighted by Gasteiger charge is -2.10. The Morgan fingerprint density at radius 1 is 1.58 bits per heavy atom. The van der Waals surface area contributed by atoms with E-state index in [0.717, 1.165) is 25.9 Å². The van der Waals surface area contributed by atoms with Crippen molar-refractivity contribution in [1.29, 1.82) is 0 Å². The summed E-state index contributed by atoms with van der Waals surface area (Å²) in [6.45, 7) is 6.23. The quantitative estimate of drug-likeness (QED) is 0.527. The molecule has 3 N–H and O–H groups in total. The van der Waals surface area contributed by atoms with Crippen LogP contribution in [-0.4, -0.2) is 36.4 Å². The Hall–Kier alpha value is -0.120. The third kappa shape index (κ3) is 2.73. The fourth-order valence-electron chi connectivity index (χ4n) is 1.70. The van der Waals surface area contributed by atoms with Gasteiger partial charge in [-0.25, -0.2) is 0 Å². The molecule has 1 aliphatic heterocycles. The second-order valence-corrected chi connectivity index (χ2v) is 3.60. The topological polar surface area (TPSA) is 44.3 Å². The van der Waals surface area contributed by atoms with Crippen molar-refractivity contribution in [2.24, 2.45) is 0 Å². The first kappa shape index (κ1) is 9.96. The lowest BCUT2D eigenvalue weighted by Crippen LogP contribution is -2.32. The lowest BCUT2D eigenvalue weighted by atomic mass is 10.1. The molecule has 0 aromatic rings. The standard InChI is InChI=1S/C9H20N2O/c1-3-10-5-4-8-6-9(12)7(2)11-8/h7-12H,3-6H2,1-2H3/t7-,8-,9-/m1/s1. The molecule has 0 amide bonds. The van der Waals surface area contributed by atoms with E-state index in [1.807, 2.05) is 6.92 Å². The molecule has 1 aliphatic rings. The predicted octanol–water partition coefficient (Wildman–Crippen LogP) is 0.0973. The first-order chi connectivity index (χ1) is 5.74. The highest BCUT2D eigenvalue weighted by molar-refractivity contribution is 4.87. The molecular formula is C9H20N2O. The normalized spacial score (nSPS) is 35.8. The maximum atomic E-state index is 9.44. The summed E-state index contributed by atoms with van der Waals surface area (Å²) in [5.74, 6) is 0. The molecule has 3 atom stereocenters. The Kier molecular flexibility index (Phi) is 3.98. The third-order valence-electron chi connectivity index (χ3n) is 2.52. The summed E-state index contributed by atoms with van der Waals surface area (Å²) in [6.07, 6.45) is 1.89. The highest BCUT2D eigenvalue weighted by Gasteiger charge is 2.27. The van der Waals surface area contributed by atoms with E-state index in [1.54, 1.807) is 0 Å². The fourth-order valence-corrected chi connectivity index (χ4v) is 1.70. The Bertz CT molecular complexity index is 120. The highest BCUT2D eigenvalue weighted by atomic mass is 16.3. The summed E-state index contributed by atoms with van der Waals surface area (Å²) in [5, 5.41) is 16.1. The van der Waals surface area contributed by atoms with E-state index in [9.17, 15) is 5.11 Å². The van der Waals surface area contributed by atoms with Crippen molar-refractivity contribution in [3.05, 3.63) is 0 Å². The molecule has 12 heavy (non-hydrogen) atoms. The van der Waals surface area contributed by atoms with Crippen LogP contribution in [0.4, 0.5) is 0 Å². The number of hydrogen-bond donors (Lipinski definition) is 3. The van der Waals surface area contributed by atoms with Crippen molar-refractivity contribution in [1.82, 2.24) is 10.6 Å². The van der Waals surface area contributed by atoms with Gasteiger partial charge in [0.1, 0.15) is 0 Å². The summed E-state index contributed by atoms with van der Waals surface area (Å²) >= 11 is 0. The van der Waals surface area contributed by atoms with Crippen molar-refractivity contribution >= 4 is 0 Å². The number of aliphatic hydroxyl groups excluding tert-OH is 1. The molecule has 0 unspecified atom stereocenters. The van der Waals surface area contributed by atoms with Crippen LogP contribution in [0.5, 0.6) is 0 Å². The Labute approximate surface area is 74.5 Å². The van der Waals surface area contributed by atoms with Crippen LogP contribution < -0.4 is 10.6 Å². The molecule has 1 heterocycles. The Morgan fingerprint density at radius 2 is 2.33 bits per heavy atom. The molecule has 3 nitrogen and oxygen atoms in total. The van der Waals surface area contributed by atoms with E-state index in [1.165, 1.54) is 0 Å². The minimum atomic E-state index is -0.142. The van der Waals surface area contributed by atoms with Crippen LogP contribution in [0.2, 0.25) is 0 Å². The molecule has 3 heteroatoms. The smallest absolute Gasteiger partial charge is 0.0705 e. The zero-order valence-electron chi connectivity index (χ0n) is 8.01. The van der Waals surface area contributed by atoms with E-state index >= 15 is 0 Å². The maximum absolute atomic E-state index is 9.44. The number of hydrogen-bond acceptors (Lipinski definition) is 3. The molecule has 72 valence electrons.